The summed E-state index contributed by atoms with van der Waals surface area (Å²) in [5.74, 6) is 0. The highest BCUT2D eigenvalue weighted by atomic mass is 15.6. The molecule has 0 saturated heterocycles. The van der Waals surface area contributed by atoms with Gasteiger partial charge in [0.15, 0.2) is 0 Å². The molecule has 0 saturated carbocycles. The molecule has 2 N–H and O–H groups in total. The molecule has 4 heteroatoms. The fraction of sp³-hybridized carbons (Fsp3) is 0.429. The van der Waals surface area contributed by atoms with E-state index in [-0.39, 0.29) is 0 Å². The average molecular weight is 156 g/mol. The van der Waals surface area contributed by atoms with Crippen molar-refractivity contribution in [2.75, 3.05) is 20.8 Å². The molecule has 64 valence electrons. The minimum absolute atomic E-state index is 0.689. The van der Waals surface area contributed by atoms with Crippen molar-refractivity contribution in [3.8, 4) is 0 Å². The van der Waals surface area contributed by atoms with Gasteiger partial charge < -0.3 is 10.4 Å². The minimum Gasteiger partial charge on any atom is -0.328 e. The zero-order valence-corrected chi connectivity index (χ0v) is 7.17. The summed E-state index contributed by atoms with van der Waals surface area (Å²) in [5.41, 5.74) is 5.69. The van der Waals surface area contributed by atoms with Crippen LogP contribution in [0.3, 0.4) is 0 Å². The zero-order chi connectivity index (χ0) is 8.69. The van der Waals surface area contributed by atoms with E-state index in [9.17, 15) is 0 Å². The fourth-order valence-corrected chi connectivity index (χ4v) is 0.483. The van der Waals surface area contributed by atoms with Crippen LogP contribution in [0.25, 0.3) is 0 Å². The number of rotatable bonds is 6. The summed E-state index contributed by atoms with van der Waals surface area (Å²) in [5, 5.41) is 3.82. The molecule has 0 atom stereocenters. The summed E-state index contributed by atoms with van der Waals surface area (Å²) >= 11 is 0. The first-order chi connectivity index (χ1) is 5.22. The molecule has 11 heavy (non-hydrogen) atoms. The zero-order valence-electron chi connectivity index (χ0n) is 7.17. The number of nitrogens with zero attached hydrogens (tertiary/aromatic N) is 2. The van der Waals surface area contributed by atoms with Crippen molar-refractivity contribution >= 4 is 0 Å². The van der Waals surface area contributed by atoms with Crippen LogP contribution in [-0.4, -0.2) is 30.8 Å². The third-order valence-electron chi connectivity index (χ3n) is 1.31. The first kappa shape index (κ1) is 10.0. The lowest BCUT2D eigenvalue weighted by molar-refractivity contribution is 0.0673. The lowest BCUT2D eigenvalue weighted by atomic mass is 10.8. The molecule has 0 bridgehead atoms. The second-order valence-corrected chi connectivity index (χ2v) is 2.10. The Labute approximate surface area is 68.1 Å². The molecule has 0 aromatic carbocycles. The lowest BCUT2D eigenvalue weighted by Crippen LogP contribution is -2.43. The summed E-state index contributed by atoms with van der Waals surface area (Å²) in [6, 6.07) is 0. The van der Waals surface area contributed by atoms with E-state index < -0.39 is 0 Å². The molecule has 0 heterocycles. The Morgan fingerprint density at radius 3 is 2.45 bits per heavy atom. The van der Waals surface area contributed by atoms with Crippen molar-refractivity contribution in [2.24, 2.45) is 0 Å². The Bertz CT molecular complexity index is 124. The molecule has 0 fully saturated rings. The summed E-state index contributed by atoms with van der Waals surface area (Å²) in [6.45, 7) is 7.81. The number of hydrazine groups is 2. The van der Waals surface area contributed by atoms with Crippen molar-refractivity contribution in [1.29, 1.82) is 0 Å². The van der Waals surface area contributed by atoms with Gasteiger partial charge in [-0.05, 0) is 0 Å². The summed E-state index contributed by atoms with van der Waals surface area (Å²) in [6.07, 6.45) is 3.32. The van der Waals surface area contributed by atoms with Crippen LogP contribution in [0.15, 0.2) is 25.6 Å². The standard InChI is InChI=1S/C7H16N4/c1-5-8-9-7-11(4)10(3)6-2/h5-6,8-9H,1-2,7H2,3-4H3. The molecule has 0 radical (unpaired) electrons. The largest absolute Gasteiger partial charge is 0.328 e. The molecule has 0 rings (SSSR count). The predicted molar refractivity (Wildman–Crippen MR) is 47.1 cm³/mol. The van der Waals surface area contributed by atoms with Crippen molar-refractivity contribution in [3.05, 3.63) is 25.6 Å². The highest BCUT2D eigenvalue weighted by Gasteiger charge is 1.96. The number of nitrogens with one attached hydrogen (secondary N) is 2. The SMILES string of the molecule is C=CNNCN(C)N(C)C=C. The molecular formula is C7H16N4. The van der Waals surface area contributed by atoms with E-state index in [1.54, 1.807) is 12.4 Å². The summed E-state index contributed by atoms with van der Waals surface area (Å²) < 4.78 is 0. The summed E-state index contributed by atoms with van der Waals surface area (Å²) in [4.78, 5) is 0. The topological polar surface area (TPSA) is 30.5 Å². The second kappa shape index (κ2) is 5.76. The van der Waals surface area contributed by atoms with Gasteiger partial charge in [0, 0.05) is 26.5 Å². The molecule has 0 aliphatic rings. The van der Waals surface area contributed by atoms with Gasteiger partial charge in [-0.1, -0.05) is 13.2 Å². The molecule has 0 spiro atoms. The normalized spacial score (nSPS) is 9.36. The van der Waals surface area contributed by atoms with Crippen LogP contribution in [0.2, 0.25) is 0 Å². The maximum atomic E-state index is 3.63. The van der Waals surface area contributed by atoms with Gasteiger partial charge in [0.1, 0.15) is 0 Å². The van der Waals surface area contributed by atoms with Crippen LogP contribution >= 0.6 is 0 Å². The van der Waals surface area contributed by atoms with Gasteiger partial charge in [0.05, 0.1) is 6.67 Å². The second-order valence-electron chi connectivity index (χ2n) is 2.10. The number of hydrogen-bond acceptors (Lipinski definition) is 4. The van der Waals surface area contributed by atoms with Crippen LogP contribution in [0, 0.1) is 0 Å². The van der Waals surface area contributed by atoms with Gasteiger partial charge in [-0.2, -0.15) is 0 Å². The van der Waals surface area contributed by atoms with Crippen molar-refractivity contribution in [3.63, 3.8) is 0 Å². The maximum Gasteiger partial charge on any atom is 0.0844 e. The van der Waals surface area contributed by atoms with E-state index in [0.29, 0.717) is 6.67 Å². The molecule has 0 aliphatic heterocycles. The third kappa shape index (κ3) is 4.41. The van der Waals surface area contributed by atoms with Crippen molar-refractivity contribution < 1.29 is 0 Å². The van der Waals surface area contributed by atoms with E-state index in [1.807, 2.05) is 24.1 Å². The predicted octanol–water partition coefficient (Wildman–Crippen LogP) is 0.104. The van der Waals surface area contributed by atoms with Crippen LogP contribution in [0.4, 0.5) is 0 Å². The van der Waals surface area contributed by atoms with Gasteiger partial charge in [-0.3, -0.25) is 0 Å². The van der Waals surface area contributed by atoms with Gasteiger partial charge in [-0.25, -0.2) is 10.4 Å². The first-order valence-electron chi connectivity index (χ1n) is 3.38. The fourth-order valence-electron chi connectivity index (χ4n) is 0.483. The monoisotopic (exact) mass is 156 g/mol. The Morgan fingerprint density at radius 2 is 2.00 bits per heavy atom. The van der Waals surface area contributed by atoms with E-state index >= 15 is 0 Å². The molecule has 0 aliphatic carbocycles. The molecule has 0 aromatic rings. The third-order valence-corrected chi connectivity index (χ3v) is 1.31. The average Bonchev–Trinajstić information content (AvgIpc) is 2.03. The first-order valence-corrected chi connectivity index (χ1v) is 3.38. The maximum absolute atomic E-state index is 3.63. The van der Waals surface area contributed by atoms with Crippen LogP contribution in [0.1, 0.15) is 0 Å². The number of hydrogen-bond donors (Lipinski definition) is 2. The highest BCUT2D eigenvalue weighted by molar-refractivity contribution is 4.63. The Hall–Kier alpha value is -1.00. The van der Waals surface area contributed by atoms with E-state index in [1.165, 1.54) is 0 Å². The Kier molecular flexibility index (Phi) is 5.24. The van der Waals surface area contributed by atoms with Gasteiger partial charge in [0.25, 0.3) is 0 Å². The van der Waals surface area contributed by atoms with E-state index in [2.05, 4.69) is 24.0 Å². The molecule has 0 amide bonds. The quantitative estimate of drug-likeness (QED) is 0.324. The van der Waals surface area contributed by atoms with Gasteiger partial charge in [-0.15, -0.1) is 0 Å². The van der Waals surface area contributed by atoms with Crippen molar-refractivity contribution in [2.45, 2.75) is 0 Å². The van der Waals surface area contributed by atoms with E-state index in [0.717, 1.165) is 0 Å². The Balaban J connectivity index is 3.42. The Morgan fingerprint density at radius 1 is 1.36 bits per heavy atom. The smallest absolute Gasteiger partial charge is 0.0844 e. The molecule has 4 nitrogen and oxygen atoms in total. The van der Waals surface area contributed by atoms with Crippen LogP contribution in [-0.2, 0) is 0 Å². The molecule has 0 aromatic heterocycles. The van der Waals surface area contributed by atoms with Gasteiger partial charge in [0.2, 0.25) is 0 Å². The van der Waals surface area contributed by atoms with Crippen molar-refractivity contribution in [1.82, 2.24) is 20.9 Å². The minimum atomic E-state index is 0.689. The summed E-state index contributed by atoms with van der Waals surface area (Å²) in [7, 11) is 3.86. The highest BCUT2D eigenvalue weighted by Crippen LogP contribution is 1.85. The van der Waals surface area contributed by atoms with E-state index in [4.69, 9.17) is 0 Å². The van der Waals surface area contributed by atoms with Gasteiger partial charge >= 0.3 is 0 Å². The lowest BCUT2D eigenvalue weighted by Gasteiger charge is -2.26. The molecule has 0 unspecified atom stereocenters. The molecular weight excluding hydrogens is 140 g/mol. The van der Waals surface area contributed by atoms with Crippen LogP contribution < -0.4 is 10.9 Å². The van der Waals surface area contributed by atoms with Crippen LogP contribution in [0.5, 0.6) is 0 Å².